The quantitative estimate of drug-likeness (QED) is 0.788. The summed E-state index contributed by atoms with van der Waals surface area (Å²) in [6, 6.07) is 0. The van der Waals surface area contributed by atoms with Crippen LogP contribution in [0, 0.1) is 11.3 Å². The fraction of sp³-hybridized carbons (Fsp3) is 0.684. The first-order chi connectivity index (χ1) is 13.0. The van der Waals surface area contributed by atoms with Crippen LogP contribution in [0.3, 0.4) is 0 Å². The number of aromatic amines is 2. The zero-order valence-corrected chi connectivity index (χ0v) is 15.5. The molecule has 0 aromatic carbocycles. The molecule has 3 heterocycles. The fourth-order valence-electron chi connectivity index (χ4n) is 4.62. The molecule has 2 saturated heterocycles. The summed E-state index contributed by atoms with van der Waals surface area (Å²) in [5.74, 6) is 0.682. The lowest BCUT2D eigenvalue weighted by Crippen LogP contribution is -2.52. The molecule has 1 aromatic heterocycles. The summed E-state index contributed by atoms with van der Waals surface area (Å²) in [6.45, 7) is 2.68. The van der Waals surface area contributed by atoms with Gasteiger partial charge >= 0.3 is 5.69 Å². The van der Waals surface area contributed by atoms with Crippen LogP contribution in [0.15, 0.2) is 15.8 Å². The van der Waals surface area contributed by atoms with Gasteiger partial charge in [0.05, 0.1) is 11.8 Å². The van der Waals surface area contributed by atoms with Gasteiger partial charge in [0.1, 0.15) is 0 Å². The van der Waals surface area contributed by atoms with Crippen LogP contribution in [-0.4, -0.2) is 57.8 Å². The van der Waals surface area contributed by atoms with Crippen molar-refractivity contribution in [1.82, 2.24) is 19.8 Å². The van der Waals surface area contributed by atoms with Gasteiger partial charge in [0.15, 0.2) is 0 Å². The van der Waals surface area contributed by atoms with E-state index in [9.17, 15) is 19.2 Å². The summed E-state index contributed by atoms with van der Waals surface area (Å²) in [4.78, 5) is 57.0. The van der Waals surface area contributed by atoms with Crippen molar-refractivity contribution >= 4 is 11.8 Å². The van der Waals surface area contributed by atoms with E-state index in [4.69, 9.17) is 0 Å². The number of likely N-dealkylation sites (tertiary alicyclic amines) is 2. The first-order valence-corrected chi connectivity index (χ1v) is 9.85. The maximum Gasteiger partial charge on any atom is 0.325 e. The molecule has 146 valence electrons. The third-order valence-electron chi connectivity index (χ3n) is 6.47. The molecule has 1 spiro atoms. The van der Waals surface area contributed by atoms with E-state index in [1.807, 2.05) is 4.90 Å². The maximum atomic E-state index is 13.1. The SMILES string of the molecule is O=C(Cc1c[nH]c(=O)[nH]c1=O)N1CC[C@]2(CCCN(CC3CCC3)C2=O)C1. The van der Waals surface area contributed by atoms with E-state index in [0.717, 1.165) is 25.9 Å². The molecule has 27 heavy (non-hydrogen) atoms. The van der Waals surface area contributed by atoms with Gasteiger partial charge in [-0.2, -0.15) is 0 Å². The minimum Gasteiger partial charge on any atom is -0.342 e. The van der Waals surface area contributed by atoms with Crippen LogP contribution in [0.1, 0.15) is 44.1 Å². The number of hydrogen-bond acceptors (Lipinski definition) is 4. The number of piperidine rings is 1. The van der Waals surface area contributed by atoms with Gasteiger partial charge in [0.2, 0.25) is 11.8 Å². The smallest absolute Gasteiger partial charge is 0.325 e. The van der Waals surface area contributed by atoms with Crippen molar-refractivity contribution in [1.29, 1.82) is 0 Å². The summed E-state index contributed by atoms with van der Waals surface area (Å²) in [5, 5.41) is 0. The second kappa shape index (κ2) is 6.98. The summed E-state index contributed by atoms with van der Waals surface area (Å²) >= 11 is 0. The predicted molar refractivity (Wildman–Crippen MR) is 98.2 cm³/mol. The van der Waals surface area contributed by atoms with Crippen molar-refractivity contribution in [2.45, 2.75) is 44.9 Å². The Balaban J connectivity index is 1.42. The molecule has 1 aromatic rings. The normalized spacial score (nSPS) is 25.9. The highest BCUT2D eigenvalue weighted by molar-refractivity contribution is 5.86. The number of nitrogens with one attached hydrogen (secondary N) is 2. The number of rotatable bonds is 4. The van der Waals surface area contributed by atoms with Crippen LogP contribution in [0.2, 0.25) is 0 Å². The Labute approximate surface area is 156 Å². The molecule has 0 radical (unpaired) electrons. The number of carbonyl (C=O) groups is 2. The van der Waals surface area contributed by atoms with E-state index in [1.165, 1.54) is 25.5 Å². The first-order valence-electron chi connectivity index (χ1n) is 9.85. The van der Waals surface area contributed by atoms with Crippen LogP contribution >= 0.6 is 0 Å². The maximum absolute atomic E-state index is 13.1. The van der Waals surface area contributed by atoms with Crippen LogP contribution in [0.4, 0.5) is 0 Å². The molecular weight excluding hydrogens is 348 g/mol. The number of hydrogen-bond donors (Lipinski definition) is 2. The average molecular weight is 374 g/mol. The van der Waals surface area contributed by atoms with E-state index in [1.54, 1.807) is 4.90 Å². The lowest BCUT2D eigenvalue weighted by atomic mass is 9.77. The molecule has 2 N–H and O–H groups in total. The second-order valence-corrected chi connectivity index (χ2v) is 8.27. The lowest BCUT2D eigenvalue weighted by Gasteiger charge is -2.42. The molecule has 8 nitrogen and oxygen atoms in total. The van der Waals surface area contributed by atoms with E-state index < -0.39 is 16.7 Å². The van der Waals surface area contributed by atoms with Gasteiger partial charge in [-0.25, -0.2) is 4.79 Å². The molecule has 1 atom stereocenters. The van der Waals surface area contributed by atoms with Crippen molar-refractivity contribution in [2.75, 3.05) is 26.2 Å². The van der Waals surface area contributed by atoms with Gasteiger partial charge in [0, 0.05) is 37.9 Å². The Morgan fingerprint density at radius 1 is 1.15 bits per heavy atom. The van der Waals surface area contributed by atoms with Gasteiger partial charge in [-0.15, -0.1) is 0 Å². The summed E-state index contributed by atoms with van der Waals surface area (Å²) < 4.78 is 0. The van der Waals surface area contributed by atoms with Crippen LogP contribution in [0.5, 0.6) is 0 Å². The highest BCUT2D eigenvalue weighted by atomic mass is 16.2. The number of amides is 2. The minimum atomic E-state index is -0.587. The lowest BCUT2D eigenvalue weighted by molar-refractivity contribution is -0.147. The van der Waals surface area contributed by atoms with Crippen molar-refractivity contribution in [2.24, 2.45) is 11.3 Å². The molecule has 0 bridgehead atoms. The molecular formula is C19H26N4O4. The van der Waals surface area contributed by atoms with Crippen molar-refractivity contribution in [3.05, 3.63) is 32.6 Å². The van der Waals surface area contributed by atoms with Crippen LogP contribution in [-0.2, 0) is 16.0 Å². The Kier molecular flexibility index (Phi) is 4.65. The molecule has 1 aliphatic carbocycles. The minimum absolute atomic E-state index is 0.0673. The second-order valence-electron chi connectivity index (χ2n) is 8.27. The molecule has 3 fully saturated rings. The zero-order valence-electron chi connectivity index (χ0n) is 15.5. The zero-order chi connectivity index (χ0) is 19.0. The molecule has 2 aliphatic heterocycles. The summed E-state index contributed by atoms with van der Waals surface area (Å²) in [6.07, 6.45) is 7.43. The number of H-pyrrole nitrogens is 2. The Morgan fingerprint density at radius 2 is 1.96 bits per heavy atom. The average Bonchev–Trinajstić information content (AvgIpc) is 3.02. The van der Waals surface area contributed by atoms with Crippen LogP contribution in [0.25, 0.3) is 0 Å². The van der Waals surface area contributed by atoms with Gasteiger partial charge in [-0.3, -0.25) is 19.4 Å². The first kappa shape index (κ1) is 18.0. The number of nitrogens with zero attached hydrogens (tertiary/aromatic N) is 2. The number of carbonyl (C=O) groups excluding carboxylic acids is 2. The molecule has 8 heteroatoms. The van der Waals surface area contributed by atoms with E-state index in [-0.39, 0.29) is 23.8 Å². The standard InChI is InChI=1S/C19H26N4O4/c24-15(9-14-10-20-18(27)21-16(14)25)23-8-6-19(12-23)5-2-7-22(17(19)26)11-13-3-1-4-13/h10,13H,1-9,11-12H2,(H2,20,21,25,27)/t19-/m1/s1. The van der Waals surface area contributed by atoms with Gasteiger partial charge in [-0.05, 0) is 38.0 Å². The monoisotopic (exact) mass is 374 g/mol. The molecule has 4 rings (SSSR count). The topological polar surface area (TPSA) is 106 Å². The van der Waals surface area contributed by atoms with Gasteiger partial charge in [0.25, 0.3) is 5.56 Å². The van der Waals surface area contributed by atoms with Crippen LogP contribution < -0.4 is 11.2 Å². The third kappa shape index (κ3) is 3.44. The predicted octanol–water partition coefficient (Wildman–Crippen LogP) is 0.247. The van der Waals surface area contributed by atoms with Gasteiger partial charge in [-0.1, -0.05) is 6.42 Å². The Hall–Kier alpha value is -2.38. The summed E-state index contributed by atoms with van der Waals surface area (Å²) in [7, 11) is 0. The Morgan fingerprint density at radius 3 is 2.67 bits per heavy atom. The Bertz CT molecular complexity index is 856. The molecule has 1 saturated carbocycles. The highest BCUT2D eigenvalue weighted by Crippen LogP contribution is 2.41. The molecule has 0 unspecified atom stereocenters. The largest absolute Gasteiger partial charge is 0.342 e. The summed E-state index contributed by atoms with van der Waals surface area (Å²) in [5.41, 5.74) is -1.34. The van der Waals surface area contributed by atoms with Gasteiger partial charge < -0.3 is 14.8 Å². The number of aromatic nitrogens is 2. The molecule has 3 aliphatic rings. The van der Waals surface area contributed by atoms with Crippen molar-refractivity contribution in [3.8, 4) is 0 Å². The van der Waals surface area contributed by atoms with E-state index in [0.29, 0.717) is 25.4 Å². The van der Waals surface area contributed by atoms with E-state index >= 15 is 0 Å². The fourth-order valence-corrected chi connectivity index (χ4v) is 4.62. The van der Waals surface area contributed by atoms with Crippen molar-refractivity contribution < 1.29 is 9.59 Å². The van der Waals surface area contributed by atoms with E-state index in [2.05, 4.69) is 9.97 Å². The molecule has 2 amide bonds. The third-order valence-corrected chi connectivity index (χ3v) is 6.47. The van der Waals surface area contributed by atoms with Crippen molar-refractivity contribution in [3.63, 3.8) is 0 Å². The highest BCUT2D eigenvalue weighted by Gasteiger charge is 2.49.